The maximum absolute atomic E-state index is 12.3. The summed E-state index contributed by atoms with van der Waals surface area (Å²) in [6.07, 6.45) is 10.8. The molecule has 2 aliphatic heterocycles. The zero-order valence-electron chi connectivity index (χ0n) is 18.9. The van der Waals surface area contributed by atoms with Crippen LogP contribution < -0.4 is 4.74 Å². The first-order chi connectivity index (χ1) is 15.1. The first kappa shape index (κ1) is 22.9. The van der Waals surface area contributed by atoms with Crippen molar-refractivity contribution in [2.24, 2.45) is 11.8 Å². The average molecular weight is 493 g/mol. The fourth-order valence-corrected chi connectivity index (χ4v) is 5.88. The topological polar surface area (TPSA) is 42.0 Å². The van der Waals surface area contributed by atoms with E-state index in [0.717, 1.165) is 50.4 Å². The molecule has 3 aliphatic rings. The van der Waals surface area contributed by atoms with Crippen molar-refractivity contribution in [3.63, 3.8) is 0 Å². The smallest absolute Gasteiger partial charge is 0.410 e. The van der Waals surface area contributed by atoms with Crippen LogP contribution >= 0.6 is 15.9 Å². The molecule has 2 saturated heterocycles. The van der Waals surface area contributed by atoms with Crippen LogP contribution in [0.2, 0.25) is 0 Å². The van der Waals surface area contributed by atoms with Gasteiger partial charge in [0.15, 0.2) is 0 Å². The molecule has 3 fully saturated rings. The summed E-state index contributed by atoms with van der Waals surface area (Å²) in [5.74, 6) is 2.15. The number of carbonyl (C=O) groups excluding carboxylic acids is 1. The fraction of sp³-hybridized carbons (Fsp3) is 0.720. The van der Waals surface area contributed by atoms with Crippen molar-refractivity contribution >= 4 is 22.0 Å². The van der Waals surface area contributed by atoms with Crippen LogP contribution in [0.5, 0.6) is 5.75 Å². The highest BCUT2D eigenvalue weighted by molar-refractivity contribution is 9.10. The number of nitrogens with zero attached hydrogens (tertiary/aromatic N) is 2. The molecular weight excluding hydrogens is 456 g/mol. The molecule has 1 atom stereocenters. The number of hydrogen-bond acceptors (Lipinski definition) is 4. The third-order valence-corrected chi connectivity index (χ3v) is 8.24. The molecule has 1 aromatic rings. The molecule has 1 aromatic carbocycles. The Labute approximate surface area is 195 Å². The minimum Gasteiger partial charge on any atom is -0.497 e. The summed E-state index contributed by atoms with van der Waals surface area (Å²) in [5.41, 5.74) is 1.35. The van der Waals surface area contributed by atoms with Gasteiger partial charge in [-0.2, -0.15) is 0 Å². The molecule has 31 heavy (non-hydrogen) atoms. The molecule has 0 N–H and O–H groups in total. The molecule has 0 radical (unpaired) electrons. The normalized spacial score (nSPS) is 24.3. The van der Waals surface area contributed by atoms with E-state index < -0.39 is 0 Å². The van der Waals surface area contributed by atoms with E-state index in [-0.39, 0.29) is 6.09 Å². The van der Waals surface area contributed by atoms with E-state index in [1.165, 1.54) is 55.2 Å². The summed E-state index contributed by atoms with van der Waals surface area (Å²) < 4.78 is 12.1. The maximum Gasteiger partial charge on any atom is 0.410 e. The quantitative estimate of drug-likeness (QED) is 0.503. The molecule has 6 heteroatoms. The van der Waals surface area contributed by atoms with Crippen LogP contribution in [0, 0.1) is 11.8 Å². The second-order valence-electron chi connectivity index (χ2n) is 9.62. The second-order valence-corrected chi connectivity index (χ2v) is 10.5. The highest BCUT2D eigenvalue weighted by Gasteiger charge is 2.33. The third-order valence-electron chi connectivity index (χ3n) is 7.47. The van der Waals surface area contributed by atoms with Crippen molar-refractivity contribution in [2.75, 3.05) is 39.9 Å². The van der Waals surface area contributed by atoms with E-state index >= 15 is 0 Å². The Bertz CT molecular complexity index is 729. The number of piperidine rings is 1. The van der Waals surface area contributed by atoms with E-state index in [9.17, 15) is 4.79 Å². The van der Waals surface area contributed by atoms with Gasteiger partial charge in [0.25, 0.3) is 0 Å². The molecule has 1 amide bonds. The van der Waals surface area contributed by atoms with Gasteiger partial charge in [-0.1, -0.05) is 35.2 Å². The van der Waals surface area contributed by atoms with Gasteiger partial charge in [-0.3, -0.25) is 0 Å². The van der Waals surface area contributed by atoms with Gasteiger partial charge in [0, 0.05) is 23.0 Å². The lowest BCUT2D eigenvalue weighted by Crippen LogP contribution is -2.49. The van der Waals surface area contributed by atoms with Gasteiger partial charge in [0.1, 0.15) is 5.75 Å². The SMILES string of the molecule is COc1ccc(Br)c(CC2CCN(CCC3COC(=O)N(C4CCCCC4)C3)CC2)c1. The summed E-state index contributed by atoms with van der Waals surface area (Å²) in [5, 5.41) is 0. The Hall–Kier alpha value is -1.27. The van der Waals surface area contributed by atoms with Gasteiger partial charge in [0.05, 0.1) is 13.7 Å². The average Bonchev–Trinajstić information content (AvgIpc) is 2.81. The number of amides is 1. The molecule has 0 bridgehead atoms. The molecule has 1 saturated carbocycles. The Morgan fingerprint density at radius 1 is 1.10 bits per heavy atom. The summed E-state index contributed by atoms with van der Waals surface area (Å²) in [6, 6.07) is 6.68. The first-order valence-corrected chi connectivity index (χ1v) is 12.9. The van der Waals surface area contributed by atoms with Crippen molar-refractivity contribution in [3.8, 4) is 5.75 Å². The van der Waals surface area contributed by atoms with Crippen molar-refractivity contribution < 1.29 is 14.3 Å². The van der Waals surface area contributed by atoms with Crippen LogP contribution in [-0.2, 0) is 11.2 Å². The maximum atomic E-state index is 12.3. The van der Waals surface area contributed by atoms with Crippen molar-refractivity contribution in [2.45, 2.75) is 63.8 Å². The Morgan fingerprint density at radius 3 is 2.61 bits per heavy atom. The fourth-order valence-electron chi connectivity index (χ4n) is 5.47. The van der Waals surface area contributed by atoms with Gasteiger partial charge in [-0.25, -0.2) is 4.79 Å². The van der Waals surface area contributed by atoms with Crippen LogP contribution in [0.1, 0.15) is 56.9 Å². The number of benzene rings is 1. The zero-order chi connectivity index (χ0) is 21.6. The Morgan fingerprint density at radius 2 is 1.87 bits per heavy atom. The van der Waals surface area contributed by atoms with Gasteiger partial charge < -0.3 is 19.3 Å². The number of hydrogen-bond donors (Lipinski definition) is 0. The number of carbonyl (C=O) groups is 1. The number of cyclic esters (lactones) is 1. The van der Waals surface area contributed by atoms with Crippen LogP contribution in [0.15, 0.2) is 22.7 Å². The van der Waals surface area contributed by atoms with Crippen LogP contribution in [0.3, 0.4) is 0 Å². The molecule has 4 rings (SSSR count). The molecular formula is C25H37BrN2O3. The third kappa shape index (κ3) is 6.16. The predicted octanol–water partition coefficient (Wildman–Crippen LogP) is 5.50. The molecule has 0 spiro atoms. The number of rotatable bonds is 7. The van der Waals surface area contributed by atoms with E-state index in [2.05, 4.69) is 33.0 Å². The lowest BCUT2D eigenvalue weighted by Gasteiger charge is -2.40. The van der Waals surface area contributed by atoms with Gasteiger partial charge in [-0.15, -0.1) is 0 Å². The minimum atomic E-state index is -0.0762. The van der Waals surface area contributed by atoms with E-state index in [1.54, 1.807) is 7.11 Å². The van der Waals surface area contributed by atoms with E-state index in [1.807, 2.05) is 11.0 Å². The summed E-state index contributed by atoms with van der Waals surface area (Å²) in [7, 11) is 1.73. The Kier molecular flexibility index (Phi) is 8.16. The molecule has 1 unspecified atom stereocenters. The Balaban J connectivity index is 1.20. The number of methoxy groups -OCH3 is 1. The van der Waals surface area contributed by atoms with Gasteiger partial charge >= 0.3 is 6.09 Å². The minimum absolute atomic E-state index is 0.0762. The largest absolute Gasteiger partial charge is 0.497 e. The lowest BCUT2D eigenvalue weighted by molar-refractivity contribution is 0.0138. The van der Waals surface area contributed by atoms with Crippen LogP contribution in [0.4, 0.5) is 4.79 Å². The molecule has 2 heterocycles. The number of likely N-dealkylation sites (tertiary alicyclic amines) is 1. The van der Waals surface area contributed by atoms with Crippen molar-refractivity contribution in [1.82, 2.24) is 9.80 Å². The number of ether oxygens (including phenoxy) is 2. The van der Waals surface area contributed by atoms with E-state index in [4.69, 9.17) is 9.47 Å². The molecule has 0 aromatic heterocycles. The van der Waals surface area contributed by atoms with Crippen molar-refractivity contribution in [3.05, 3.63) is 28.2 Å². The second kappa shape index (κ2) is 11.0. The summed E-state index contributed by atoms with van der Waals surface area (Å²) in [6.45, 7) is 4.96. The molecule has 5 nitrogen and oxygen atoms in total. The van der Waals surface area contributed by atoms with E-state index in [0.29, 0.717) is 18.6 Å². The van der Waals surface area contributed by atoms with Crippen molar-refractivity contribution in [1.29, 1.82) is 0 Å². The summed E-state index contributed by atoms with van der Waals surface area (Å²) >= 11 is 3.70. The monoisotopic (exact) mass is 492 g/mol. The van der Waals surface area contributed by atoms with Crippen LogP contribution in [0.25, 0.3) is 0 Å². The summed E-state index contributed by atoms with van der Waals surface area (Å²) in [4.78, 5) is 16.9. The molecule has 172 valence electrons. The highest BCUT2D eigenvalue weighted by atomic mass is 79.9. The molecule has 1 aliphatic carbocycles. The zero-order valence-corrected chi connectivity index (χ0v) is 20.4. The van der Waals surface area contributed by atoms with Gasteiger partial charge in [-0.05, 0) is 87.8 Å². The standard InChI is InChI=1S/C25H37BrN2O3/c1-30-23-7-8-24(26)21(16-23)15-19-9-12-27(13-10-19)14-11-20-17-28(25(29)31-18-20)22-5-3-2-4-6-22/h7-8,16,19-20,22H,2-6,9-15,17-18H2,1H3. The number of halogens is 1. The van der Waals surface area contributed by atoms with Gasteiger partial charge in [0.2, 0.25) is 0 Å². The first-order valence-electron chi connectivity index (χ1n) is 12.1. The van der Waals surface area contributed by atoms with Crippen LogP contribution in [-0.4, -0.2) is 61.8 Å². The lowest BCUT2D eigenvalue weighted by atomic mass is 9.89. The predicted molar refractivity (Wildman–Crippen MR) is 127 cm³/mol. The highest BCUT2D eigenvalue weighted by Crippen LogP contribution is 2.30.